The number of rotatable bonds is 4. The lowest BCUT2D eigenvalue weighted by Gasteiger charge is -2.07. The molecule has 0 saturated heterocycles. The van der Waals surface area contributed by atoms with Crippen LogP contribution in [0.1, 0.15) is 15.9 Å². The third kappa shape index (κ3) is 3.63. The Labute approximate surface area is 123 Å². The topological polar surface area (TPSA) is 29.1 Å². The molecule has 5 heteroatoms. The van der Waals surface area contributed by atoms with Crippen molar-refractivity contribution in [3.05, 3.63) is 69.7 Å². The number of hydrogen-bond acceptors (Lipinski definition) is 1. The molecule has 1 N–H and O–H groups in total. The molecule has 2 rings (SSSR count). The van der Waals surface area contributed by atoms with Gasteiger partial charge < -0.3 is 5.32 Å². The zero-order chi connectivity index (χ0) is 14.5. The Morgan fingerprint density at radius 2 is 1.90 bits per heavy atom. The first-order valence-electron chi connectivity index (χ1n) is 6.04. The van der Waals surface area contributed by atoms with Crippen molar-refractivity contribution in [3.8, 4) is 0 Å². The Hall–Kier alpha value is -1.75. The van der Waals surface area contributed by atoms with Gasteiger partial charge in [-0.2, -0.15) is 0 Å². The molecule has 0 unspecified atom stereocenters. The molecule has 20 heavy (non-hydrogen) atoms. The van der Waals surface area contributed by atoms with E-state index in [-0.39, 0.29) is 15.9 Å². The lowest BCUT2D eigenvalue weighted by molar-refractivity contribution is 0.0950. The molecule has 2 nitrogen and oxygen atoms in total. The van der Waals surface area contributed by atoms with Crippen molar-refractivity contribution in [1.82, 2.24) is 5.32 Å². The first kappa shape index (κ1) is 14.7. The standard InChI is InChI=1S/C15H12BrF2NO/c16-13-6-2-5-12(14(13)18)15(20)19-8-7-10-3-1-4-11(17)9-10/h1-6,9H,7-8H2,(H,19,20). The van der Waals surface area contributed by atoms with Crippen LogP contribution in [0, 0.1) is 11.6 Å². The molecule has 0 aromatic heterocycles. The molecule has 1 amide bonds. The molecule has 2 aromatic carbocycles. The van der Waals surface area contributed by atoms with E-state index in [4.69, 9.17) is 0 Å². The fraction of sp³-hybridized carbons (Fsp3) is 0.133. The van der Waals surface area contributed by atoms with Gasteiger partial charge in [-0.15, -0.1) is 0 Å². The lowest BCUT2D eigenvalue weighted by atomic mass is 10.1. The summed E-state index contributed by atoms with van der Waals surface area (Å²) in [5, 5.41) is 2.61. The maximum Gasteiger partial charge on any atom is 0.254 e. The monoisotopic (exact) mass is 339 g/mol. The molecule has 0 aliphatic heterocycles. The number of benzene rings is 2. The van der Waals surface area contributed by atoms with Crippen LogP contribution in [0.5, 0.6) is 0 Å². The molecule has 0 aliphatic rings. The maximum atomic E-state index is 13.7. The van der Waals surface area contributed by atoms with Crippen LogP contribution >= 0.6 is 15.9 Å². The van der Waals surface area contributed by atoms with E-state index in [0.29, 0.717) is 13.0 Å². The smallest absolute Gasteiger partial charge is 0.254 e. The highest BCUT2D eigenvalue weighted by Gasteiger charge is 2.13. The Kier molecular flexibility index (Phi) is 4.84. The van der Waals surface area contributed by atoms with Crippen molar-refractivity contribution in [3.63, 3.8) is 0 Å². The Balaban J connectivity index is 1.94. The molecule has 0 fully saturated rings. The maximum absolute atomic E-state index is 13.7. The molecule has 0 aliphatic carbocycles. The molecule has 0 atom stereocenters. The quantitative estimate of drug-likeness (QED) is 0.904. The number of hydrogen-bond donors (Lipinski definition) is 1. The molecule has 2 aromatic rings. The molecule has 0 bridgehead atoms. The number of carbonyl (C=O) groups excluding carboxylic acids is 1. The van der Waals surface area contributed by atoms with Crippen LogP contribution in [0.25, 0.3) is 0 Å². The molecular formula is C15H12BrF2NO. The van der Waals surface area contributed by atoms with Gasteiger partial charge in [0.25, 0.3) is 5.91 Å². The van der Waals surface area contributed by atoms with Crippen LogP contribution < -0.4 is 5.32 Å². The van der Waals surface area contributed by atoms with Crippen LogP contribution in [0.15, 0.2) is 46.9 Å². The summed E-state index contributed by atoms with van der Waals surface area (Å²) in [6.45, 7) is 0.314. The van der Waals surface area contributed by atoms with E-state index < -0.39 is 11.7 Å². The summed E-state index contributed by atoms with van der Waals surface area (Å²) in [6.07, 6.45) is 0.485. The van der Waals surface area contributed by atoms with E-state index >= 15 is 0 Å². The van der Waals surface area contributed by atoms with Gasteiger partial charge in [0.05, 0.1) is 10.0 Å². The van der Waals surface area contributed by atoms with Gasteiger partial charge in [-0.05, 0) is 52.2 Å². The van der Waals surface area contributed by atoms with Crippen molar-refractivity contribution in [2.45, 2.75) is 6.42 Å². The predicted octanol–water partition coefficient (Wildman–Crippen LogP) is 3.70. The van der Waals surface area contributed by atoms with Gasteiger partial charge in [-0.25, -0.2) is 8.78 Å². The van der Waals surface area contributed by atoms with Crippen molar-refractivity contribution >= 4 is 21.8 Å². The Bertz CT molecular complexity index is 631. The summed E-state index contributed by atoms with van der Waals surface area (Å²) in [5.41, 5.74) is 0.763. The number of carbonyl (C=O) groups is 1. The van der Waals surface area contributed by atoms with Gasteiger partial charge in [-0.3, -0.25) is 4.79 Å². The normalized spacial score (nSPS) is 10.3. The fourth-order valence-corrected chi connectivity index (χ4v) is 2.15. The minimum absolute atomic E-state index is 0.0152. The average molecular weight is 340 g/mol. The van der Waals surface area contributed by atoms with Gasteiger partial charge in [-0.1, -0.05) is 18.2 Å². The van der Waals surface area contributed by atoms with Gasteiger partial charge in [0.15, 0.2) is 0 Å². The highest BCUT2D eigenvalue weighted by atomic mass is 79.9. The zero-order valence-electron chi connectivity index (χ0n) is 10.5. The largest absolute Gasteiger partial charge is 0.352 e. The molecule has 0 heterocycles. The number of nitrogens with one attached hydrogen (secondary N) is 1. The second kappa shape index (κ2) is 6.61. The second-order valence-electron chi connectivity index (χ2n) is 4.24. The van der Waals surface area contributed by atoms with Crippen LogP contribution in [0.2, 0.25) is 0 Å². The molecule has 0 saturated carbocycles. The summed E-state index contributed by atoms with van der Waals surface area (Å²) < 4.78 is 26.9. The summed E-state index contributed by atoms with van der Waals surface area (Å²) in [7, 11) is 0. The SMILES string of the molecule is O=C(NCCc1cccc(F)c1)c1cccc(Br)c1F. The summed E-state index contributed by atoms with van der Waals surface area (Å²) >= 11 is 3.03. The highest BCUT2D eigenvalue weighted by Crippen LogP contribution is 2.18. The van der Waals surface area contributed by atoms with Crippen molar-refractivity contribution in [2.75, 3.05) is 6.54 Å². The number of amides is 1. The summed E-state index contributed by atoms with van der Waals surface area (Å²) in [5.74, 6) is -1.39. The van der Waals surface area contributed by atoms with E-state index in [1.807, 2.05) is 0 Å². The number of halogens is 3. The third-order valence-electron chi connectivity index (χ3n) is 2.78. The fourth-order valence-electron chi connectivity index (χ4n) is 1.79. The van der Waals surface area contributed by atoms with Crippen molar-refractivity contribution in [1.29, 1.82) is 0 Å². The highest BCUT2D eigenvalue weighted by molar-refractivity contribution is 9.10. The first-order chi connectivity index (χ1) is 9.58. The van der Waals surface area contributed by atoms with Crippen LogP contribution in [-0.2, 0) is 6.42 Å². The van der Waals surface area contributed by atoms with E-state index in [2.05, 4.69) is 21.2 Å². The first-order valence-corrected chi connectivity index (χ1v) is 6.84. The molecular weight excluding hydrogens is 328 g/mol. The van der Waals surface area contributed by atoms with Crippen LogP contribution in [0.4, 0.5) is 8.78 Å². The second-order valence-corrected chi connectivity index (χ2v) is 5.09. The lowest BCUT2D eigenvalue weighted by Crippen LogP contribution is -2.26. The van der Waals surface area contributed by atoms with E-state index in [0.717, 1.165) is 5.56 Å². The Morgan fingerprint density at radius 3 is 2.65 bits per heavy atom. The van der Waals surface area contributed by atoms with E-state index in [1.54, 1.807) is 18.2 Å². The van der Waals surface area contributed by atoms with Gasteiger partial charge in [0.2, 0.25) is 0 Å². The van der Waals surface area contributed by atoms with Gasteiger partial charge in [0, 0.05) is 6.54 Å². The molecule has 0 radical (unpaired) electrons. The average Bonchev–Trinajstić information content (AvgIpc) is 2.42. The summed E-state index contributed by atoms with van der Waals surface area (Å²) in [4.78, 5) is 11.8. The molecule has 0 spiro atoms. The summed E-state index contributed by atoms with van der Waals surface area (Å²) in [6, 6.07) is 10.7. The molecule has 104 valence electrons. The third-order valence-corrected chi connectivity index (χ3v) is 3.40. The minimum atomic E-state index is -0.587. The van der Waals surface area contributed by atoms with Crippen LogP contribution in [-0.4, -0.2) is 12.5 Å². The predicted molar refractivity (Wildman–Crippen MR) is 76.5 cm³/mol. The zero-order valence-corrected chi connectivity index (χ0v) is 12.1. The van der Waals surface area contributed by atoms with E-state index in [9.17, 15) is 13.6 Å². The van der Waals surface area contributed by atoms with E-state index in [1.165, 1.54) is 24.3 Å². The Morgan fingerprint density at radius 1 is 1.15 bits per heavy atom. The van der Waals surface area contributed by atoms with Crippen molar-refractivity contribution < 1.29 is 13.6 Å². The van der Waals surface area contributed by atoms with Crippen LogP contribution in [0.3, 0.4) is 0 Å². The van der Waals surface area contributed by atoms with Gasteiger partial charge >= 0.3 is 0 Å². The minimum Gasteiger partial charge on any atom is -0.352 e. The van der Waals surface area contributed by atoms with Gasteiger partial charge in [0.1, 0.15) is 11.6 Å². The van der Waals surface area contributed by atoms with Crippen molar-refractivity contribution in [2.24, 2.45) is 0 Å².